The molecule has 0 unspecified atom stereocenters. The molecule has 1 N–H and O–H groups in total. The number of rotatable bonds is 13. The monoisotopic (exact) mass is 281 g/mol. The van der Waals surface area contributed by atoms with Gasteiger partial charge in [-0.25, -0.2) is 4.98 Å². The lowest BCUT2D eigenvalue weighted by atomic mass is 10.1. The molecule has 0 fully saturated rings. The summed E-state index contributed by atoms with van der Waals surface area (Å²) in [5.74, 6) is 0.963. The predicted octanol–water partition coefficient (Wildman–Crippen LogP) is 4.08. The largest absolute Gasteiger partial charge is 0.383 e. The van der Waals surface area contributed by atoms with E-state index in [0.29, 0.717) is 0 Å². The summed E-state index contributed by atoms with van der Waals surface area (Å²) in [6.45, 7) is 4.86. The molecule has 20 heavy (non-hydrogen) atoms. The first-order valence-electron chi connectivity index (χ1n) is 8.12. The van der Waals surface area contributed by atoms with E-state index in [0.717, 1.165) is 25.6 Å². The first-order valence-corrected chi connectivity index (χ1v) is 8.12. The lowest BCUT2D eigenvalue weighted by Crippen LogP contribution is -2.11. The average molecular weight is 281 g/mol. The molecule has 1 rings (SSSR count). The van der Waals surface area contributed by atoms with Crippen molar-refractivity contribution in [2.45, 2.75) is 64.8 Å². The van der Waals surface area contributed by atoms with Crippen LogP contribution in [-0.2, 0) is 11.3 Å². The van der Waals surface area contributed by atoms with Crippen molar-refractivity contribution in [2.24, 2.45) is 0 Å². The maximum Gasteiger partial charge on any atom is 0.202 e. The van der Waals surface area contributed by atoms with Crippen molar-refractivity contribution < 1.29 is 4.74 Å². The van der Waals surface area contributed by atoms with Crippen LogP contribution < -0.4 is 5.32 Å². The van der Waals surface area contributed by atoms with Crippen LogP contribution in [0.1, 0.15) is 58.3 Å². The van der Waals surface area contributed by atoms with Crippen LogP contribution in [0.2, 0.25) is 0 Å². The first-order chi connectivity index (χ1) is 9.88. The molecular formula is C16H31N3O. The summed E-state index contributed by atoms with van der Waals surface area (Å²) in [5, 5.41) is 3.41. The molecule has 0 aliphatic heterocycles. The highest BCUT2D eigenvalue weighted by molar-refractivity contribution is 5.25. The highest BCUT2D eigenvalue weighted by Gasteiger charge is 2.00. The second-order valence-electron chi connectivity index (χ2n) is 5.34. The third kappa shape index (κ3) is 7.53. The molecule has 1 aromatic heterocycles. The minimum absolute atomic E-state index is 0.725. The van der Waals surface area contributed by atoms with Crippen LogP contribution >= 0.6 is 0 Å². The van der Waals surface area contributed by atoms with E-state index in [1.165, 1.54) is 51.4 Å². The number of hydrogen-bond acceptors (Lipinski definition) is 3. The average Bonchev–Trinajstić information content (AvgIpc) is 2.91. The number of nitrogens with zero attached hydrogens (tertiary/aromatic N) is 2. The number of methoxy groups -OCH3 is 1. The standard InChI is InChI=1S/C16H31N3O/c1-3-4-5-6-7-8-9-10-11-17-16-18-12-13-19(16)14-15-20-2/h12-13H,3-11,14-15H2,1-2H3,(H,17,18). The Morgan fingerprint density at radius 2 is 1.80 bits per heavy atom. The van der Waals surface area contributed by atoms with Gasteiger partial charge >= 0.3 is 0 Å². The van der Waals surface area contributed by atoms with Gasteiger partial charge in [0.05, 0.1) is 6.61 Å². The van der Waals surface area contributed by atoms with Gasteiger partial charge in [0.1, 0.15) is 0 Å². The van der Waals surface area contributed by atoms with Crippen LogP contribution in [0, 0.1) is 0 Å². The summed E-state index contributed by atoms with van der Waals surface area (Å²) >= 11 is 0. The van der Waals surface area contributed by atoms with E-state index in [4.69, 9.17) is 4.74 Å². The number of hydrogen-bond donors (Lipinski definition) is 1. The molecule has 1 heterocycles. The van der Waals surface area contributed by atoms with Crippen LogP contribution in [0.3, 0.4) is 0 Å². The summed E-state index contributed by atoms with van der Waals surface area (Å²) in [4.78, 5) is 4.33. The minimum atomic E-state index is 0.725. The molecule has 0 atom stereocenters. The van der Waals surface area contributed by atoms with Crippen LogP contribution in [-0.4, -0.2) is 29.8 Å². The van der Waals surface area contributed by atoms with Crippen molar-refractivity contribution in [3.05, 3.63) is 12.4 Å². The second-order valence-corrected chi connectivity index (χ2v) is 5.34. The SMILES string of the molecule is CCCCCCCCCCNc1nccn1CCOC. The number of ether oxygens (including phenoxy) is 1. The van der Waals surface area contributed by atoms with Crippen LogP contribution in [0.4, 0.5) is 5.95 Å². The number of aromatic nitrogens is 2. The van der Waals surface area contributed by atoms with Crippen molar-refractivity contribution in [3.8, 4) is 0 Å². The zero-order valence-electron chi connectivity index (χ0n) is 13.2. The fourth-order valence-corrected chi connectivity index (χ4v) is 2.31. The molecular weight excluding hydrogens is 250 g/mol. The number of unbranched alkanes of at least 4 members (excludes halogenated alkanes) is 7. The van der Waals surface area contributed by atoms with Gasteiger partial charge in [0.15, 0.2) is 0 Å². The van der Waals surface area contributed by atoms with E-state index in [1.807, 2.05) is 12.4 Å². The number of imidazole rings is 1. The van der Waals surface area contributed by atoms with Gasteiger partial charge in [0.2, 0.25) is 5.95 Å². The number of anilines is 1. The maximum atomic E-state index is 5.09. The Labute approximate surface area is 123 Å². The summed E-state index contributed by atoms with van der Waals surface area (Å²) in [6, 6.07) is 0. The van der Waals surface area contributed by atoms with E-state index < -0.39 is 0 Å². The third-order valence-electron chi connectivity index (χ3n) is 3.57. The molecule has 0 spiro atoms. The van der Waals surface area contributed by atoms with Crippen molar-refractivity contribution in [1.29, 1.82) is 0 Å². The van der Waals surface area contributed by atoms with Gasteiger partial charge in [-0.05, 0) is 6.42 Å². The topological polar surface area (TPSA) is 39.1 Å². The predicted molar refractivity (Wildman–Crippen MR) is 85.2 cm³/mol. The van der Waals surface area contributed by atoms with E-state index in [-0.39, 0.29) is 0 Å². The Hall–Kier alpha value is -1.03. The minimum Gasteiger partial charge on any atom is -0.383 e. The molecule has 0 aliphatic carbocycles. The van der Waals surface area contributed by atoms with Crippen molar-refractivity contribution >= 4 is 5.95 Å². The Kier molecular flexibility index (Phi) is 10.0. The fourth-order valence-electron chi connectivity index (χ4n) is 2.31. The van der Waals surface area contributed by atoms with Crippen molar-refractivity contribution in [1.82, 2.24) is 9.55 Å². The highest BCUT2D eigenvalue weighted by atomic mass is 16.5. The fraction of sp³-hybridized carbons (Fsp3) is 0.812. The maximum absolute atomic E-state index is 5.09. The lowest BCUT2D eigenvalue weighted by molar-refractivity contribution is 0.187. The van der Waals surface area contributed by atoms with E-state index in [9.17, 15) is 0 Å². The van der Waals surface area contributed by atoms with Gasteiger partial charge < -0.3 is 14.6 Å². The van der Waals surface area contributed by atoms with Crippen LogP contribution in [0.15, 0.2) is 12.4 Å². The Morgan fingerprint density at radius 3 is 2.50 bits per heavy atom. The van der Waals surface area contributed by atoms with Crippen LogP contribution in [0.5, 0.6) is 0 Å². The van der Waals surface area contributed by atoms with Crippen molar-refractivity contribution in [2.75, 3.05) is 25.6 Å². The molecule has 4 heteroatoms. The third-order valence-corrected chi connectivity index (χ3v) is 3.57. The van der Waals surface area contributed by atoms with Gasteiger partial charge in [-0.1, -0.05) is 51.9 Å². The molecule has 1 aromatic rings. The molecule has 0 bridgehead atoms. The van der Waals surface area contributed by atoms with E-state index >= 15 is 0 Å². The summed E-state index contributed by atoms with van der Waals surface area (Å²) < 4.78 is 7.20. The molecule has 0 amide bonds. The normalized spacial score (nSPS) is 10.9. The smallest absolute Gasteiger partial charge is 0.202 e. The van der Waals surface area contributed by atoms with Crippen LogP contribution in [0.25, 0.3) is 0 Å². The van der Waals surface area contributed by atoms with Gasteiger partial charge in [-0.3, -0.25) is 0 Å². The van der Waals surface area contributed by atoms with Gasteiger partial charge in [0.25, 0.3) is 0 Å². The number of nitrogens with one attached hydrogen (secondary N) is 1. The highest BCUT2D eigenvalue weighted by Crippen LogP contribution is 2.09. The molecule has 4 nitrogen and oxygen atoms in total. The Morgan fingerprint density at radius 1 is 1.10 bits per heavy atom. The zero-order chi connectivity index (χ0) is 14.5. The molecule has 0 radical (unpaired) electrons. The second kappa shape index (κ2) is 11.8. The summed E-state index contributed by atoms with van der Waals surface area (Å²) in [5.41, 5.74) is 0. The Balaban J connectivity index is 1.99. The first kappa shape index (κ1) is 17.0. The summed E-state index contributed by atoms with van der Waals surface area (Å²) in [6.07, 6.45) is 14.7. The zero-order valence-corrected chi connectivity index (χ0v) is 13.2. The molecule has 0 aliphatic rings. The van der Waals surface area contributed by atoms with Gasteiger partial charge in [0, 0.05) is 32.6 Å². The Bertz CT molecular complexity index is 325. The van der Waals surface area contributed by atoms with Gasteiger partial charge in [-0.2, -0.15) is 0 Å². The lowest BCUT2D eigenvalue weighted by Gasteiger charge is -2.09. The molecule has 0 saturated carbocycles. The van der Waals surface area contributed by atoms with E-state index in [1.54, 1.807) is 7.11 Å². The quantitative estimate of drug-likeness (QED) is 0.554. The van der Waals surface area contributed by atoms with E-state index in [2.05, 4.69) is 21.8 Å². The molecule has 0 aromatic carbocycles. The van der Waals surface area contributed by atoms with Crippen molar-refractivity contribution in [3.63, 3.8) is 0 Å². The molecule has 0 saturated heterocycles. The van der Waals surface area contributed by atoms with Gasteiger partial charge in [-0.15, -0.1) is 0 Å². The molecule has 116 valence electrons. The summed E-state index contributed by atoms with van der Waals surface area (Å²) in [7, 11) is 1.73.